The fraction of sp³-hybridized carbons (Fsp3) is 0.207. The fourth-order valence-electron chi connectivity index (χ4n) is 4.22. The third-order valence-electron chi connectivity index (χ3n) is 6.19. The minimum atomic E-state index is -0.614. The van der Waals surface area contributed by atoms with Crippen LogP contribution in [0.1, 0.15) is 34.1 Å². The number of benzene rings is 2. The van der Waals surface area contributed by atoms with E-state index >= 15 is 0 Å². The molecule has 5 rings (SSSR count). The topological polar surface area (TPSA) is 82.6 Å². The molecule has 0 fully saturated rings. The molecule has 0 bridgehead atoms. The molecule has 0 aliphatic carbocycles. The number of rotatable bonds is 6. The molecule has 2 aromatic carbocycles. The van der Waals surface area contributed by atoms with Gasteiger partial charge in [-0.1, -0.05) is 25.1 Å². The number of hydrogen-bond acceptors (Lipinski definition) is 6. The van der Waals surface area contributed by atoms with Crippen molar-refractivity contribution in [3.05, 3.63) is 89.1 Å². The van der Waals surface area contributed by atoms with Gasteiger partial charge in [0, 0.05) is 17.4 Å². The maximum Gasteiger partial charge on any atom is 0.261 e. The lowest BCUT2D eigenvalue weighted by atomic mass is 9.98. The lowest BCUT2D eigenvalue weighted by Gasteiger charge is -2.20. The van der Waals surface area contributed by atoms with E-state index in [1.54, 1.807) is 13.1 Å². The van der Waals surface area contributed by atoms with Crippen molar-refractivity contribution >= 4 is 11.6 Å². The molecular weight excluding hydrogens is 473 g/mol. The average molecular weight is 500 g/mol. The number of fused-ring (bicyclic) bond motifs is 1. The molecular formula is C29H26FN3O4. The van der Waals surface area contributed by atoms with Crippen molar-refractivity contribution in [1.82, 2.24) is 9.97 Å². The Hall–Kier alpha value is -4.46. The van der Waals surface area contributed by atoms with Crippen molar-refractivity contribution in [2.24, 2.45) is 0 Å². The highest BCUT2D eigenvalue weighted by atomic mass is 19.1. The first-order chi connectivity index (χ1) is 17.9. The summed E-state index contributed by atoms with van der Waals surface area (Å²) in [6.07, 6.45) is 2.49. The Morgan fingerprint density at radius 1 is 1.05 bits per heavy atom. The quantitative estimate of drug-likeness (QED) is 0.315. The van der Waals surface area contributed by atoms with E-state index in [0.717, 1.165) is 23.1 Å². The smallest absolute Gasteiger partial charge is 0.261 e. The summed E-state index contributed by atoms with van der Waals surface area (Å²) < 4.78 is 31.0. The van der Waals surface area contributed by atoms with E-state index in [1.165, 1.54) is 12.1 Å². The molecule has 0 saturated heterocycles. The van der Waals surface area contributed by atoms with Crippen LogP contribution in [0.15, 0.2) is 60.8 Å². The van der Waals surface area contributed by atoms with Crippen molar-refractivity contribution in [3.63, 3.8) is 0 Å². The van der Waals surface area contributed by atoms with E-state index in [2.05, 4.69) is 22.2 Å². The number of hydrogen-bond donors (Lipinski definition) is 1. The number of halogens is 1. The van der Waals surface area contributed by atoms with Crippen LogP contribution >= 0.6 is 0 Å². The van der Waals surface area contributed by atoms with Gasteiger partial charge in [-0.2, -0.15) is 4.39 Å². The van der Waals surface area contributed by atoms with Gasteiger partial charge < -0.3 is 19.5 Å². The highest BCUT2D eigenvalue weighted by Crippen LogP contribution is 2.38. The second-order valence-corrected chi connectivity index (χ2v) is 8.66. The summed E-state index contributed by atoms with van der Waals surface area (Å²) >= 11 is 0. The SMILES string of the molecule is CCc1cccc(NC(=O)c2c(Oc3ccc(F)nc3C)ncc(-c3ccc4c(c3)OCCO4)c2C)c1. The minimum Gasteiger partial charge on any atom is -0.486 e. The summed E-state index contributed by atoms with van der Waals surface area (Å²) in [4.78, 5) is 22.0. The van der Waals surface area contributed by atoms with Gasteiger partial charge in [0.1, 0.15) is 18.8 Å². The molecule has 188 valence electrons. The van der Waals surface area contributed by atoms with E-state index < -0.39 is 5.95 Å². The van der Waals surface area contributed by atoms with E-state index in [9.17, 15) is 9.18 Å². The van der Waals surface area contributed by atoms with Gasteiger partial charge in [0.25, 0.3) is 5.91 Å². The summed E-state index contributed by atoms with van der Waals surface area (Å²) in [7, 11) is 0. The van der Waals surface area contributed by atoms with Gasteiger partial charge in [0.15, 0.2) is 17.2 Å². The van der Waals surface area contributed by atoms with E-state index in [1.807, 2.05) is 49.4 Å². The molecule has 2 aromatic heterocycles. The van der Waals surface area contributed by atoms with Gasteiger partial charge in [-0.15, -0.1) is 0 Å². The van der Waals surface area contributed by atoms with E-state index in [4.69, 9.17) is 14.2 Å². The molecule has 0 radical (unpaired) electrons. The normalized spacial score (nSPS) is 12.2. The van der Waals surface area contributed by atoms with Crippen molar-refractivity contribution in [1.29, 1.82) is 0 Å². The van der Waals surface area contributed by atoms with Gasteiger partial charge in [-0.3, -0.25) is 4.79 Å². The monoisotopic (exact) mass is 499 g/mol. The first kappa shape index (κ1) is 24.2. The van der Waals surface area contributed by atoms with Gasteiger partial charge in [-0.05, 0) is 73.4 Å². The number of nitrogens with one attached hydrogen (secondary N) is 1. The molecule has 1 aliphatic heterocycles. The van der Waals surface area contributed by atoms with Crippen LogP contribution in [-0.2, 0) is 6.42 Å². The number of aryl methyl sites for hydroxylation is 2. The molecule has 7 nitrogen and oxygen atoms in total. The highest BCUT2D eigenvalue weighted by Gasteiger charge is 2.23. The number of pyridine rings is 2. The van der Waals surface area contributed by atoms with Crippen molar-refractivity contribution in [2.45, 2.75) is 27.2 Å². The largest absolute Gasteiger partial charge is 0.486 e. The number of amides is 1. The predicted octanol–water partition coefficient (Wildman–Crippen LogP) is 6.28. The number of carbonyl (C=O) groups excluding carboxylic acids is 1. The average Bonchev–Trinajstić information content (AvgIpc) is 2.90. The Morgan fingerprint density at radius 2 is 1.86 bits per heavy atom. The summed E-state index contributed by atoms with van der Waals surface area (Å²) in [5.41, 5.74) is 4.60. The van der Waals surface area contributed by atoms with Gasteiger partial charge in [0.05, 0.1) is 5.69 Å². The maximum atomic E-state index is 13.6. The van der Waals surface area contributed by atoms with E-state index in [0.29, 0.717) is 47.4 Å². The number of ether oxygens (including phenoxy) is 3. The van der Waals surface area contributed by atoms with Crippen LogP contribution in [0.4, 0.5) is 10.1 Å². The van der Waals surface area contributed by atoms with Crippen LogP contribution in [0.5, 0.6) is 23.1 Å². The first-order valence-electron chi connectivity index (χ1n) is 12.0. The third-order valence-corrected chi connectivity index (χ3v) is 6.19. The van der Waals surface area contributed by atoms with Gasteiger partial charge in [-0.25, -0.2) is 9.97 Å². The standard InChI is InChI=1S/C29H26FN3O4/c1-4-19-6-5-7-21(14-19)33-28(34)27-17(2)22(20-8-9-24-25(15-20)36-13-12-35-24)16-31-29(27)37-23-10-11-26(30)32-18(23)3/h5-11,14-16H,4,12-13H2,1-3H3,(H,33,34). The molecule has 1 amide bonds. The van der Waals surface area contributed by atoms with Crippen LogP contribution in [0.25, 0.3) is 11.1 Å². The Labute approximate surface area is 214 Å². The van der Waals surface area contributed by atoms with E-state index in [-0.39, 0.29) is 17.4 Å². The molecule has 3 heterocycles. The fourth-order valence-corrected chi connectivity index (χ4v) is 4.22. The van der Waals surface area contributed by atoms with Crippen molar-refractivity contribution in [3.8, 4) is 34.3 Å². The Morgan fingerprint density at radius 3 is 2.65 bits per heavy atom. The molecule has 0 saturated carbocycles. The molecule has 0 atom stereocenters. The summed E-state index contributed by atoms with van der Waals surface area (Å²) in [6, 6.07) is 16.0. The lowest BCUT2D eigenvalue weighted by Crippen LogP contribution is -2.17. The molecule has 0 unspecified atom stereocenters. The molecule has 37 heavy (non-hydrogen) atoms. The second-order valence-electron chi connectivity index (χ2n) is 8.66. The molecule has 1 aliphatic rings. The number of nitrogens with zero attached hydrogens (tertiary/aromatic N) is 2. The Bertz CT molecular complexity index is 1490. The number of aromatic nitrogens is 2. The van der Waals surface area contributed by atoms with Gasteiger partial charge >= 0.3 is 0 Å². The number of anilines is 1. The maximum absolute atomic E-state index is 13.6. The zero-order valence-electron chi connectivity index (χ0n) is 20.8. The molecule has 1 N–H and O–H groups in total. The van der Waals surface area contributed by atoms with Crippen LogP contribution in [0.2, 0.25) is 0 Å². The third kappa shape index (κ3) is 5.09. The zero-order chi connectivity index (χ0) is 25.9. The van der Waals surface area contributed by atoms with Gasteiger partial charge in [0.2, 0.25) is 11.8 Å². The summed E-state index contributed by atoms with van der Waals surface area (Å²) in [5.74, 6) is 0.728. The molecule has 8 heteroatoms. The highest BCUT2D eigenvalue weighted by molar-refractivity contribution is 6.08. The lowest BCUT2D eigenvalue weighted by molar-refractivity contribution is 0.102. The Balaban J connectivity index is 1.58. The van der Waals surface area contributed by atoms with Crippen LogP contribution in [0, 0.1) is 19.8 Å². The van der Waals surface area contributed by atoms with Crippen LogP contribution in [0.3, 0.4) is 0 Å². The molecule has 0 spiro atoms. The van der Waals surface area contributed by atoms with Crippen LogP contribution < -0.4 is 19.5 Å². The zero-order valence-corrected chi connectivity index (χ0v) is 20.8. The van der Waals surface area contributed by atoms with Crippen molar-refractivity contribution < 1.29 is 23.4 Å². The first-order valence-corrected chi connectivity index (χ1v) is 12.0. The second kappa shape index (κ2) is 10.3. The summed E-state index contributed by atoms with van der Waals surface area (Å²) in [6.45, 7) is 6.49. The van der Waals surface area contributed by atoms with Crippen molar-refractivity contribution in [2.75, 3.05) is 18.5 Å². The van der Waals surface area contributed by atoms with Crippen LogP contribution in [-0.4, -0.2) is 29.1 Å². The predicted molar refractivity (Wildman–Crippen MR) is 138 cm³/mol. The Kier molecular flexibility index (Phi) is 6.72. The number of carbonyl (C=O) groups is 1. The summed E-state index contributed by atoms with van der Waals surface area (Å²) in [5, 5.41) is 2.97. The minimum absolute atomic E-state index is 0.0967. The molecule has 4 aromatic rings.